The molecule has 0 saturated heterocycles. The number of nitrogens with one attached hydrogen (secondary N) is 1. The average Bonchev–Trinajstić information content (AvgIpc) is 2.74. The topological polar surface area (TPSA) is 125 Å². The van der Waals surface area contributed by atoms with E-state index in [0.717, 1.165) is 5.69 Å². The van der Waals surface area contributed by atoms with E-state index in [9.17, 15) is 10.1 Å². The van der Waals surface area contributed by atoms with Crippen molar-refractivity contribution >= 4 is 11.6 Å². The van der Waals surface area contributed by atoms with Crippen LogP contribution in [0, 0.1) is 24.0 Å². The standard InChI is InChI=1S/C9H11N7O2/c1-5-3-4-15(14-5)8-7(16(17)18)6(2)11-9(12-8)13-10/h3-4H,10H2,1-2H3,(H,11,12,13). The molecule has 0 aliphatic heterocycles. The molecule has 2 rings (SSSR count). The molecule has 94 valence electrons. The molecule has 0 spiro atoms. The Balaban J connectivity index is 2.70. The lowest BCUT2D eigenvalue weighted by Crippen LogP contribution is -2.15. The molecule has 0 fully saturated rings. The molecule has 9 nitrogen and oxygen atoms in total. The van der Waals surface area contributed by atoms with Crippen molar-refractivity contribution in [3.05, 3.63) is 33.8 Å². The Morgan fingerprint density at radius 3 is 2.67 bits per heavy atom. The molecule has 9 heteroatoms. The third-order valence-corrected chi connectivity index (χ3v) is 2.29. The fourth-order valence-corrected chi connectivity index (χ4v) is 1.52. The van der Waals surface area contributed by atoms with Crippen molar-refractivity contribution in [2.75, 3.05) is 5.43 Å². The largest absolute Gasteiger partial charge is 0.334 e. The first-order chi connectivity index (χ1) is 8.52. The number of nitrogen functional groups attached to an aromatic ring is 1. The van der Waals surface area contributed by atoms with Gasteiger partial charge in [0.05, 0.1) is 10.6 Å². The van der Waals surface area contributed by atoms with Crippen LogP contribution in [0.25, 0.3) is 5.82 Å². The van der Waals surface area contributed by atoms with Gasteiger partial charge >= 0.3 is 5.69 Å². The Morgan fingerprint density at radius 2 is 2.17 bits per heavy atom. The number of hydrogen-bond donors (Lipinski definition) is 2. The average molecular weight is 249 g/mol. The molecular formula is C9H11N7O2. The fourth-order valence-electron chi connectivity index (χ4n) is 1.52. The zero-order chi connectivity index (χ0) is 13.3. The Kier molecular flexibility index (Phi) is 2.90. The van der Waals surface area contributed by atoms with Gasteiger partial charge in [0.25, 0.3) is 0 Å². The molecule has 2 aromatic heterocycles. The van der Waals surface area contributed by atoms with E-state index in [0.29, 0.717) is 0 Å². The van der Waals surface area contributed by atoms with Crippen LogP contribution in [-0.2, 0) is 0 Å². The maximum atomic E-state index is 11.1. The second-order valence-electron chi connectivity index (χ2n) is 3.61. The van der Waals surface area contributed by atoms with Gasteiger partial charge in [-0.25, -0.2) is 15.5 Å². The van der Waals surface area contributed by atoms with Crippen LogP contribution in [0.4, 0.5) is 11.6 Å². The highest BCUT2D eigenvalue weighted by molar-refractivity contribution is 5.52. The number of anilines is 1. The summed E-state index contributed by atoms with van der Waals surface area (Å²) < 4.78 is 1.32. The van der Waals surface area contributed by atoms with Crippen molar-refractivity contribution < 1.29 is 4.92 Å². The number of aromatic nitrogens is 4. The summed E-state index contributed by atoms with van der Waals surface area (Å²) in [5.41, 5.74) is 3.01. The van der Waals surface area contributed by atoms with E-state index < -0.39 is 4.92 Å². The highest BCUT2D eigenvalue weighted by Gasteiger charge is 2.23. The SMILES string of the molecule is Cc1ccn(-c2nc(NN)nc(C)c2[N+](=O)[O-])n1. The van der Waals surface area contributed by atoms with Crippen LogP contribution >= 0.6 is 0 Å². The van der Waals surface area contributed by atoms with Gasteiger partial charge in [0.1, 0.15) is 5.69 Å². The molecule has 0 bridgehead atoms. The minimum atomic E-state index is -0.540. The minimum absolute atomic E-state index is 0.0774. The molecule has 0 saturated carbocycles. The van der Waals surface area contributed by atoms with E-state index in [4.69, 9.17) is 5.84 Å². The summed E-state index contributed by atoms with van der Waals surface area (Å²) in [4.78, 5) is 18.4. The van der Waals surface area contributed by atoms with E-state index in [-0.39, 0.29) is 23.1 Å². The van der Waals surface area contributed by atoms with Gasteiger partial charge in [-0.1, -0.05) is 0 Å². The van der Waals surface area contributed by atoms with E-state index in [2.05, 4.69) is 20.5 Å². The third-order valence-electron chi connectivity index (χ3n) is 2.29. The first kappa shape index (κ1) is 11.9. The molecular weight excluding hydrogens is 238 g/mol. The van der Waals surface area contributed by atoms with Crippen molar-refractivity contribution in [1.29, 1.82) is 0 Å². The summed E-state index contributed by atoms with van der Waals surface area (Å²) in [5.74, 6) is 5.40. The molecule has 2 aromatic rings. The second-order valence-corrected chi connectivity index (χ2v) is 3.61. The first-order valence-electron chi connectivity index (χ1n) is 5.05. The molecule has 18 heavy (non-hydrogen) atoms. The molecule has 3 N–H and O–H groups in total. The summed E-state index contributed by atoms with van der Waals surface area (Å²) in [6.07, 6.45) is 1.59. The molecule has 0 atom stereocenters. The van der Waals surface area contributed by atoms with Crippen LogP contribution in [0.15, 0.2) is 12.3 Å². The minimum Gasteiger partial charge on any atom is -0.292 e. The maximum absolute atomic E-state index is 11.1. The highest BCUT2D eigenvalue weighted by Crippen LogP contribution is 2.24. The number of nitrogens with zero attached hydrogens (tertiary/aromatic N) is 5. The number of hydrazine groups is 1. The lowest BCUT2D eigenvalue weighted by Gasteiger charge is -2.06. The normalized spacial score (nSPS) is 10.4. The van der Waals surface area contributed by atoms with E-state index >= 15 is 0 Å². The van der Waals surface area contributed by atoms with Crippen molar-refractivity contribution in [3.63, 3.8) is 0 Å². The van der Waals surface area contributed by atoms with E-state index in [1.165, 1.54) is 11.6 Å². The summed E-state index contributed by atoms with van der Waals surface area (Å²) in [5, 5.41) is 15.1. The summed E-state index contributed by atoms with van der Waals surface area (Å²) in [6.45, 7) is 3.29. The zero-order valence-corrected chi connectivity index (χ0v) is 9.78. The monoisotopic (exact) mass is 249 g/mol. The van der Waals surface area contributed by atoms with Crippen molar-refractivity contribution in [2.24, 2.45) is 5.84 Å². The fraction of sp³-hybridized carbons (Fsp3) is 0.222. The predicted octanol–water partition coefficient (Wildman–Crippen LogP) is 0.473. The quantitative estimate of drug-likeness (QED) is 0.460. The lowest BCUT2D eigenvalue weighted by atomic mass is 10.3. The predicted molar refractivity (Wildman–Crippen MR) is 63.1 cm³/mol. The summed E-state index contributed by atoms with van der Waals surface area (Å²) in [6, 6.07) is 1.72. The molecule has 0 amide bonds. The van der Waals surface area contributed by atoms with Gasteiger partial charge in [-0.05, 0) is 19.9 Å². The zero-order valence-electron chi connectivity index (χ0n) is 9.78. The third kappa shape index (κ3) is 1.98. The van der Waals surface area contributed by atoms with Gasteiger partial charge in [0.15, 0.2) is 0 Å². The molecule has 0 aliphatic rings. The smallest absolute Gasteiger partial charge is 0.292 e. The Morgan fingerprint density at radius 1 is 1.44 bits per heavy atom. The number of hydrogen-bond acceptors (Lipinski definition) is 7. The number of rotatable bonds is 3. The second kappa shape index (κ2) is 4.37. The van der Waals surface area contributed by atoms with Crippen LogP contribution < -0.4 is 11.3 Å². The van der Waals surface area contributed by atoms with E-state index in [1.54, 1.807) is 19.2 Å². The Hall–Kier alpha value is -2.55. The van der Waals surface area contributed by atoms with Crippen molar-refractivity contribution in [2.45, 2.75) is 13.8 Å². The van der Waals surface area contributed by atoms with Crippen LogP contribution in [0.3, 0.4) is 0 Å². The molecule has 0 radical (unpaired) electrons. The molecule has 0 unspecified atom stereocenters. The Labute approximate surface area is 102 Å². The van der Waals surface area contributed by atoms with Gasteiger partial charge in [-0.2, -0.15) is 10.1 Å². The number of aryl methyl sites for hydroxylation is 2. The van der Waals surface area contributed by atoms with Crippen LogP contribution in [-0.4, -0.2) is 24.7 Å². The van der Waals surface area contributed by atoms with Crippen LogP contribution in [0.2, 0.25) is 0 Å². The van der Waals surface area contributed by atoms with E-state index in [1.807, 2.05) is 0 Å². The summed E-state index contributed by atoms with van der Waals surface area (Å²) in [7, 11) is 0. The maximum Gasteiger partial charge on any atom is 0.334 e. The molecule has 0 aliphatic carbocycles. The van der Waals surface area contributed by atoms with Gasteiger partial charge in [-0.15, -0.1) is 0 Å². The first-order valence-corrected chi connectivity index (χ1v) is 5.05. The van der Waals surface area contributed by atoms with Gasteiger partial charge in [-0.3, -0.25) is 15.5 Å². The highest BCUT2D eigenvalue weighted by atomic mass is 16.6. The molecule has 0 aromatic carbocycles. The van der Waals surface area contributed by atoms with Crippen molar-refractivity contribution in [3.8, 4) is 5.82 Å². The van der Waals surface area contributed by atoms with Gasteiger partial charge < -0.3 is 0 Å². The van der Waals surface area contributed by atoms with Crippen LogP contribution in [0.5, 0.6) is 0 Å². The lowest BCUT2D eigenvalue weighted by molar-refractivity contribution is -0.385. The summed E-state index contributed by atoms with van der Waals surface area (Å²) >= 11 is 0. The van der Waals surface area contributed by atoms with Crippen molar-refractivity contribution in [1.82, 2.24) is 19.7 Å². The van der Waals surface area contributed by atoms with Gasteiger partial charge in [0.2, 0.25) is 11.8 Å². The molecule has 2 heterocycles. The number of nitrogens with two attached hydrogens (primary N) is 1. The van der Waals surface area contributed by atoms with Crippen LogP contribution in [0.1, 0.15) is 11.4 Å². The Bertz CT molecular complexity index is 607. The van der Waals surface area contributed by atoms with Gasteiger partial charge in [0, 0.05) is 6.20 Å². The number of nitro groups is 1.